The lowest BCUT2D eigenvalue weighted by Crippen LogP contribution is -2.51. The van der Waals surface area contributed by atoms with Crippen LogP contribution in [0.5, 0.6) is 5.75 Å². The van der Waals surface area contributed by atoms with Gasteiger partial charge in [0.2, 0.25) is 11.1 Å². The van der Waals surface area contributed by atoms with E-state index in [-0.39, 0.29) is 5.91 Å². The largest absolute Gasteiger partial charge is 0.497 e. The van der Waals surface area contributed by atoms with Crippen LogP contribution in [-0.2, 0) is 11.3 Å². The summed E-state index contributed by atoms with van der Waals surface area (Å²) in [6, 6.07) is 9.98. The van der Waals surface area contributed by atoms with Gasteiger partial charge < -0.3 is 10.1 Å². The summed E-state index contributed by atoms with van der Waals surface area (Å²) < 4.78 is 6.83. The molecule has 3 rings (SSSR count). The molecular formula is C19H24N6O2S. The highest BCUT2D eigenvalue weighted by atomic mass is 32.2. The number of hydrogen-bond donors (Lipinski definition) is 1. The average Bonchev–Trinajstić information content (AvgIpc) is 3.15. The molecule has 1 aromatic carbocycles. The molecule has 0 saturated heterocycles. The number of tetrazole rings is 1. The lowest BCUT2D eigenvalue weighted by molar-refractivity contribution is -0.121. The average molecular weight is 401 g/mol. The van der Waals surface area contributed by atoms with Gasteiger partial charge in [-0.15, -0.1) is 5.10 Å². The number of nitrogens with one attached hydrogen (secondary N) is 1. The molecule has 1 saturated carbocycles. The fraction of sp³-hybridized carbons (Fsp3) is 0.526. The third-order valence-electron chi connectivity index (χ3n) is 4.93. The quantitative estimate of drug-likeness (QED) is 0.712. The van der Waals surface area contributed by atoms with Gasteiger partial charge in [-0.3, -0.25) is 4.79 Å². The summed E-state index contributed by atoms with van der Waals surface area (Å²) in [5, 5.41) is 24.5. The van der Waals surface area contributed by atoms with Gasteiger partial charge in [0.25, 0.3) is 0 Å². The number of benzene rings is 1. The first-order valence-corrected chi connectivity index (χ1v) is 10.2. The molecule has 1 amide bonds. The fourth-order valence-corrected chi connectivity index (χ4v) is 4.04. The lowest BCUT2D eigenvalue weighted by Gasteiger charge is -2.32. The minimum atomic E-state index is -0.737. The number of amides is 1. The Balaban J connectivity index is 1.62. The van der Waals surface area contributed by atoms with Gasteiger partial charge in [0, 0.05) is 0 Å². The van der Waals surface area contributed by atoms with E-state index in [9.17, 15) is 10.1 Å². The zero-order valence-electron chi connectivity index (χ0n) is 16.1. The van der Waals surface area contributed by atoms with Crippen LogP contribution in [0.3, 0.4) is 0 Å². The number of carbonyl (C=O) groups is 1. The predicted molar refractivity (Wildman–Crippen MR) is 105 cm³/mol. The minimum absolute atomic E-state index is 0.160. The smallest absolute Gasteiger partial charge is 0.234 e. The normalized spacial score (nSPS) is 16.8. The van der Waals surface area contributed by atoms with E-state index in [0.29, 0.717) is 24.5 Å². The van der Waals surface area contributed by atoms with Crippen molar-refractivity contribution in [2.75, 3.05) is 7.11 Å². The van der Waals surface area contributed by atoms with Gasteiger partial charge in [0.1, 0.15) is 11.3 Å². The first-order chi connectivity index (χ1) is 13.5. The Labute approximate surface area is 168 Å². The monoisotopic (exact) mass is 400 g/mol. The van der Waals surface area contributed by atoms with E-state index in [1.807, 2.05) is 24.3 Å². The standard InChI is InChI=1S/C19H24N6O2S/c1-14(17(26)21-19(13-20)10-4-3-5-11-19)28-18-22-23-24-25(18)12-15-6-8-16(27-2)9-7-15/h6-9,14H,3-5,10-12H2,1-2H3,(H,21,26). The van der Waals surface area contributed by atoms with Crippen molar-refractivity contribution in [2.45, 2.75) is 61.5 Å². The molecule has 28 heavy (non-hydrogen) atoms. The van der Waals surface area contributed by atoms with Crippen molar-refractivity contribution in [3.05, 3.63) is 29.8 Å². The van der Waals surface area contributed by atoms with Crippen molar-refractivity contribution in [3.63, 3.8) is 0 Å². The molecule has 9 heteroatoms. The van der Waals surface area contributed by atoms with Crippen LogP contribution in [0.2, 0.25) is 0 Å². The van der Waals surface area contributed by atoms with Gasteiger partial charge in [-0.2, -0.15) is 5.26 Å². The molecule has 1 heterocycles. The SMILES string of the molecule is COc1ccc(Cn2nnnc2SC(C)C(=O)NC2(C#N)CCCCC2)cc1. The van der Waals surface area contributed by atoms with Crippen LogP contribution in [0.25, 0.3) is 0 Å². The summed E-state index contributed by atoms with van der Waals surface area (Å²) in [4.78, 5) is 12.7. The van der Waals surface area contributed by atoms with Crippen LogP contribution in [0.1, 0.15) is 44.6 Å². The number of nitrogens with zero attached hydrogens (tertiary/aromatic N) is 5. The van der Waals surface area contributed by atoms with Crippen molar-refractivity contribution >= 4 is 17.7 Å². The Kier molecular flexibility index (Phi) is 6.52. The van der Waals surface area contributed by atoms with Crippen LogP contribution in [0.15, 0.2) is 29.4 Å². The first-order valence-electron chi connectivity index (χ1n) is 9.34. The molecule has 8 nitrogen and oxygen atoms in total. The van der Waals surface area contributed by atoms with Crippen molar-refractivity contribution < 1.29 is 9.53 Å². The zero-order valence-corrected chi connectivity index (χ0v) is 16.9. The Morgan fingerprint density at radius 1 is 1.36 bits per heavy atom. The molecule has 1 aliphatic rings. The van der Waals surface area contributed by atoms with E-state index in [1.54, 1.807) is 18.7 Å². The van der Waals surface area contributed by atoms with E-state index in [0.717, 1.165) is 30.6 Å². The van der Waals surface area contributed by atoms with Crippen LogP contribution < -0.4 is 10.1 Å². The molecule has 1 fully saturated rings. The van der Waals surface area contributed by atoms with E-state index in [4.69, 9.17) is 4.74 Å². The minimum Gasteiger partial charge on any atom is -0.497 e. The van der Waals surface area contributed by atoms with E-state index in [2.05, 4.69) is 26.9 Å². The maximum Gasteiger partial charge on any atom is 0.234 e. The molecule has 1 aliphatic carbocycles. The van der Waals surface area contributed by atoms with Gasteiger partial charge in [-0.25, -0.2) is 4.68 Å². The van der Waals surface area contributed by atoms with Gasteiger partial charge in [0.05, 0.1) is 25.0 Å². The van der Waals surface area contributed by atoms with Gasteiger partial charge in [0.15, 0.2) is 0 Å². The number of aromatic nitrogens is 4. The number of thioether (sulfide) groups is 1. The highest BCUT2D eigenvalue weighted by Gasteiger charge is 2.35. The number of methoxy groups -OCH3 is 1. The molecular weight excluding hydrogens is 376 g/mol. The van der Waals surface area contributed by atoms with E-state index in [1.165, 1.54) is 11.8 Å². The van der Waals surface area contributed by atoms with Gasteiger partial charge in [-0.05, 0) is 47.9 Å². The van der Waals surface area contributed by atoms with Gasteiger partial charge in [-0.1, -0.05) is 43.2 Å². The molecule has 148 valence electrons. The second kappa shape index (κ2) is 9.06. The van der Waals surface area contributed by atoms with E-state index >= 15 is 0 Å². The van der Waals surface area contributed by atoms with Crippen molar-refractivity contribution in [3.8, 4) is 11.8 Å². The molecule has 2 aromatic rings. The molecule has 1 aromatic heterocycles. The summed E-state index contributed by atoms with van der Waals surface area (Å²) in [5.41, 5.74) is 0.289. The fourth-order valence-electron chi connectivity index (χ4n) is 3.25. The predicted octanol–water partition coefficient (Wildman–Crippen LogP) is 2.55. The lowest BCUT2D eigenvalue weighted by atomic mass is 9.83. The Bertz CT molecular complexity index is 839. The summed E-state index contributed by atoms with van der Waals surface area (Å²) in [6.07, 6.45) is 4.47. The first kappa shape index (κ1) is 20.1. The Morgan fingerprint density at radius 3 is 2.71 bits per heavy atom. The van der Waals surface area contributed by atoms with Crippen LogP contribution in [0.4, 0.5) is 0 Å². The molecule has 1 atom stereocenters. The zero-order chi connectivity index (χ0) is 20.0. The molecule has 1 unspecified atom stereocenters. The topological polar surface area (TPSA) is 106 Å². The number of carbonyl (C=O) groups excluding carboxylic acids is 1. The van der Waals surface area contributed by atoms with Gasteiger partial charge >= 0.3 is 0 Å². The summed E-state index contributed by atoms with van der Waals surface area (Å²) in [5.74, 6) is 0.627. The Morgan fingerprint density at radius 2 is 2.07 bits per heavy atom. The summed E-state index contributed by atoms with van der Waals surface area (Å²) in [7, 11) is 1.63. The van der Waals surface area contributed by atoms with E-state index < -0.39 is 10.8 Å². The maximum absolute atomic E-state index is 12.7. The maximum atomic E-state index is 12.7. The van der Waals surface area contributed by atoms with Crippen LogP contribution >= 0.6 is 11.8 Å². The number of ether oxygens (including phenoxy) is 1. The molecule has 1 N–H and O–H groups in total. The van der Waals surface area contributed by atoms with Crippen molar-refractivity contribution in [2.24, 2.45) is 0 Å². The molecule has 0 radical (unpaired) electrons. The highest BCUT2D eigenvalue weighted by molar-refractivity contribution is 8.00. The van der Waals surface area contributed by atoms with Crippen molar-refractivity contribution in [1.29, 1.82) is 5.26 Å². The van der Waals surface area contributed by atoms with Crippen LogP contribution in [0, 0.1) is 11.3 Å². The third-order valence-corrected chi connectivity index (χ3v) is 6.00. The van der Waals surface area contributed by atoms with Crippen LogP contribution in [-0.4, -0.2) is 44.0 Å². The number of nitriles is 1. The second-order valence-corrected chi connectivity index (χ2v) is 8.28. The summed E-state index contributed by atoms with van der Waals surface area (Å²) in [6.45, 7) is 2.30. The molecule has 0 spiro atoms. The third kappa shape index (κ3) is 4.81. The number of hydrogen-bond acceptors (Lipinski definition) is 7. The molecule has 0 aliphatic heterocycles. The highest BCUT2D eigenvalue weighted by Crippen LogP contribution is 2.29. The second-order valence-electron chi connectivity index (χ2n) is 6.97. The summed E-state index contributed by atoms with van der Waals surface area (Å²) >= 11 is 1.29. The molecule has 0 bridgehead atoms. The number of rotatable bonds is 7. The van der Waals surface area contributed by atoms with Crippen molar-refractivity contribution in [1.82, 2.24) is 25.5 Å². The Hall–Kier alpha value is -2.60.